The molecule has 4 nitrogen and oxygen atoms in total. The first kappa shape index (κ1) is 31.6. The number of aliphatic hydroxyl groups is 2. The maximum absolute atomic E-state index is 10.4. The number of aliphatic hydroxyl groups excluding tert-OH is 2. The summed E-state index contributed by atoms with van der Waals surface area (Å²) in [5, 5.41) is 24.7. The van der Waals surface area contributed by atoms with Crippen molar-refractivity contribution in [2.75, 3.05) is 13.2 Å². The van der Waals surface area contributed by atoms with Gasteiger partial charge in [-0.3, -0.25) is 4.79 Å². The topological polar surface area (TPSA) is 77.8 Å². The van der Waals surface area contributed by atoms with Gasteiger partial charge in [-0.15, -0.1) is 0 Å². The monoisotopic (exact) mass is 430 g/mol. The molecule has 0 spiro atoms. The highest BCUT2D eigenvalue weighted by molar-refractivity contribution is 5.66. The first-order chi connectivity index (χ1) is 14.7. The summed E-state index contributed by atoms with van der Waals surface area (Å²) in [4.78, 5) is 10.4. The first-order valence-electron chi connectivity index (χ1n) is 13.1. The van der Waals surface area contributed by atoms with E-state index in [1.54, 1.807) is 0 Å². The van der Waals surface area contributed by atoms with E-state index in [4.69, 9.17) is 15.3 Å². The van der Waals surface area contributed by atoms with E-state index < -0.39 is 5.97 Å². The van der Waals surface area contributed by atoms with Crippen LogP contribution in [0.15, 0.2) is 0 Å². The van der Waals surface area contributed by atoms with Crippen molar-refractivity contribution in [2.24, 2.45) is 0 Å². The van der Waals surface area contributed by atoms with Gasteiger partial charge in [0.25, 0.3) is 0 Å². The Balaban J connectivity index is 0. The lowest BCUT2D eigenvalue weighted by molar-refractivity contribution is -0.137. The zero-order valence-corrected chi connectivity index (χ0v) is 20.2. The minimum atomic E-state index is -0.651. The highest BCUT2D eigenvalue weighted by Crippen LogP contribution is 2.14. The first-order valence-corrected chi connectivity index (χ1v) is 13.1. The molecule has 0 heterocycles. The molecule has 0 radical (unpaired) electrons. The van der Waals surface area contributed by atoms with Gasteiger partial charge in [-0.25, -0.2) is 0 Å². The number of carboxylic acid groups (broad SMARTS) is 1. The Bertz CT molecular complexity index is 303. The summed E-state index contributed by atoms with van der Waals surface area (Å²) in [5.74, 6) is -0.651. The van der Waals surface area contributed by atoms with E-state index in [0.717, 1.165) is 25.7 Å². The van der Waals surface area contributed by atoms with Crippen LogP contribution in [-0.4, -0.2) is 34.5 Å². The number of rotatable bonds is 23. The Kier molecular flexibility index (Phi) is 32.2. The van der Waals surface area contributed by atoms with Crippen LogP contribution in [0.5, 0.6) is 0 Å². The molecule has 0 rings (SSSR count). The molecule has 0 aromatic carbocycles. The predicted octanol–water partition coefficient (Wildman–Crippen LogP) is 7.64. The van der Waals surface area contributed by atoms with Crippen molar-refractivity contribution in [1.82, 2.24) is 0 Å². The van der Waals surface area contributed by atoms with Crippen molar-refractivity contribution in [2.45, 2.75) is 148 Å². The van der Waals surface area contributed by atoms with Crippen LogP contribution in [0.1, 0.15) is 148 Å². The number of hydrogen-bond donors (Lipinski definition) is 3. The zero-order chi connectivity index (χ0) is 22.5. The minimum Gasteiger partial charge on any atom is -0.481 e. The fraction of sp³-hybridized carbons (Fsp3) is 0.962. The average Bonchev–Trinajstić information content (AvgIpc) is 2.74. The lowest BCUT2D eigenvalue weighted by atomic mass is 10.0. The largest absolute Gasteiger partial charge is 0.481 e. The average molecular weight is 431 g/mol. The number of carbonyl (C=O) groups is 1. The van der Waals surface area contributed by atoms with Crippen LogP contribution >= 0.6 is 0 Å². The van der Waals surface area contributed by atoms with Crippen LogP contribution in [0.25, 0.3) is 0 Å². The summed E-state index contributed by atoms with van der Waals surface area (Å²) in [6.45, 7) is 2.67. The minimum absolute atomic E-state index is 0.195. The van der Waals surface area contributed by atoms with E-state index in [2.05, 4.69) is 6.92 Å². The predicted molar refractivity (Wildman–Crippen MR) is 129 cm³/mol. The molecule has 0 aliphatic carbocycles. The molecule has 0 aromatic heterocycles. The van der Waals surface area contributed by atoms with Gasteiger partial charge < -0.3 is 15.3 Å². The Morgan fingerprint density at radius 1 is 0.467 bits per heavy atom. The summed E-state index contributed by atoms with van der Waals surface area (Å²) in [7, 11) is 0. The molecule has 0 amide bonds. The van der Waals surface area contributed by atoms with Gasteiger partial charge >= 0.3 is 5.97 Å². The molecule has 3 N–H and O–H groups in total. The molecule has 0 saturated carbocycles. The molecule has 4 heteroatoms. The second-order valence-electron chi connectivity index (χ2n) is 8.66. The molecule has 0 aromatic rings. The summed E-state index contributed by atoms with van der Waals surface area (Å²) >= 11 is 0. The SMILES string of the molecule is CCCCCCCCCCCCCCCCCCCCCC(=O)O.OCCCCO. The lowest BCUT2D eigenvalue weighted by Gasteiger charge is -2.03. The number of unbranched alkanes of at least 4 members (excludes halogenated alkanes) is 19. The van der Waals surface area contributed by atoms with Crippen molar-refractivity contribution in [1.29, 1.82) is 0 Å². The van der Waals surface area contributed by atoms with Crippen molar-refractivity contribution in [3.05, 3.63) is 0 Å². The molecule has 182 valence electrons. The Hall–Kier alpha value is -0.610. The van der Waals surface area contributed by atoms with E-state index in [1.165, 1.54) is 109 Å². The van der Waals surface area contributed by atoms with Gasteiger partial charge in [0.15, 0.2) is 0 Å². The molecular weight excluding hydrogens is 376 g/mol. The fourth-order valence-corrected chi connectivity index (χ4v) is 3.58. The van der Waals surface area contributed by atoms with Crippen molar-refractivity contribution in [3.63, 3.8) is 0 Å². The zero-order valence-electron chi connectivity index (χ0n) is 20.2. The Morgan fingerprint density at radius 2 is 0.733 bits per heavy atom. The van der Waals surface area contributed by atoms with Gasteiger partial charge in [-0.05, 0) is 19.3 Å². The van der Waals surface area contributed by atoms with Crippen molar-refractivity contribution < 1.29 is 20.1 Å². The molecule has 0 aliphatic rings. The third kappa shape index (κ3) is 34.9. The van der Waals surface area contributed by atoms with Gasteiger partial charge in [0.2, 0.25) is 0 Å². The quantitative estimate of drug-likeness (QED) is 0.145. The Morgan fingerprint density at radius 3 is 0.967 bits per heavy atom. The molecule has 0 bridgehead atoms. The third-order valence-corrected chi connectivity index (χ3v) is 5.56. The molecule has 30 heavy (non-hydrogen) atoms. The molecule has 0 unspecified atom stereocenters. The lowest BCUT2D eigenvalue weighted by Crippen LogP contribution is -1.93. The van der Waals surface area contributed by atoms with E-state index in [9.17, 15) is 4.79 Å². The maximum atomic E-state index is 10.4. The van der Waals surface area contributed by atoms with Gasteiger partial charge in [0, 0.05) is 19.6 Å². The third-order valence-electron chi connectivity index (χ3n) is 5.56. The fourth-order valence-electron chi connectivity index (χ4n) is 3.58. The second-order valence-corrected chi connectivity index (χ2v) is 8.66. The molecule has 0 atom stereocenters. The van der Waals surface area contributed by atoms with E-state index >= 15 is 0 Å². The summed E-state index contributed by atoms with van der Waals surface area (Å²) in [6, 6.07) is 0. The van der Waals surface area contributed by atoms with E-state index in [1.807, 2.05) is 0 Å². The molecular formula is C26H54O4. The van der Waals surface area contributed by atoms with Crippen molar-refractivity contribution >= 4 is 5.97 Å². The molecule has 0 aliphatic heterocycles. The summed E-state index contributed by atoms with van der Waals surface area (Å²) in [6.07, 6.45) is 27.5. The number of carboxylic acids is 1. The van der Waals surface area contributed by atoms with Crippen LogP contribution in [0.2, 0.25) is 0 Å². The van der Waals surface area contributed by atoms with Crippen LogP contribution < -0.4 is 0 Å². The molecule has 0 fully saturated rings. The summed E-state index contributed by atoms with van der Waals surface area (Å²) < 4.78 is 0. The molecule has 0 saturated heterocycles. The highest BCUT2D eigenvalue weighted by Gasteiger charge is 1.97. The van der Waals surface area contributed by atoms with Gasteiger partial charge in [0.1, 0.15) is 0 Å². The number of aliphatic carboxylic acids is 1. The van der Waals surface area contributed by atoms with E-state index in [0.29, 0.717) is 6.42 Å². The Labute approximate surface area is 187 Å². The van der Waals surface area contributed by atoms with Crippen molar-refractivity contribution in [3.8, 4) is 0 Å². The van der Waals surface area contributed by atoms with Gasteiger partial charge in [-0.1, -0.05) is 122 Å². The van der Waals surface area contributed by atoms with Gasteiger partial charge in [-0.2, -0.15) is 0 Å². The smallest absolute Gasteiger partial charge is 0.303 e. The van der Waals surface area contributed by atoms with E-state index in [-0.39, 0.29) is 13.2 Å². The second kappa shape index (κ2) is 30.6. The van der Waals surface area contributed by atoms with Crippen LogP contribution in [-0.2, 0) is 4.79 Å². The standard InChI is InChI=1S/C22H44O2.C4H10O2/c1-2-3-4-5-6-7-8-9-10-11-12-13-14-15-16-17-18-19-20-21-22(23)24;5-3-1-2-4-6/h2-21H2,1H3,(H,23,24);5-6H,1-4H2. The summed E-state index contributed by atoms with van der Waals surface area (Å²) in [5.41, 5.74) is 0. The van der Waals surface area contributed by atoms with Crippen LogP contribution in [0, 0.1) is 0 Å². The highest BCUT2D eigenvalue weighted by atomic mass is 16.4. The maximum Gasteiger partial charge on any atom is 0.303 e. The van der Waals surface area contributed by atoms with Crippen LogP contribution in [0.4, 0.5) is 0 Å². The normalized spacial score (nSPS) is 10.6. The van der Waals surface area contributed by atoms with Crippen LogP contribution in [0.3, 0.4) is 0 Å². The number of hydrogen-bond acceptors (Lipinski definition) is 3. The van der Waals surface area contributed by atoms with Gasteiger partial charge in [0.05, 0.1) is 0 Å².